The lowest BCUT2D eigenvalue weighted by atomic mass is 10.0. The van der Waals surface area contributed by atoms with Crippen LogP contribution in [0.3, 0.4) is 0 Å². The summed E-state index contributed by atoms with van der Waals surface area (Å²) in [5, 5.41) is 3.52. The molecule has 2 nitrogen and oxygen atoms in total. The fraction of sp³-hybridized carbons (Fsp3) is 1.00. The third-order valence-electron chi connectivity index (χ3n) is 3.52. The molecule has 1 heterocycles. The first-order valence-corrected chi connectivity index (χ1v) is 6.18. The van der Waals surface area contributed by atoms with E-state index in [9.17, 15) is 4.39 Å². The molecule has 0 bridgehead atoms. The van der Waals surface area contributed by atoms with Crippen molar-refractivity contribution in [2.45, 2.75) is 45.7 Å². The summed E-state index contributed by atoms with van der Waals surface area (Å²) in [7, 11) is 0. The zero-order valence-corrected chi connectivity index (χ0v) is 10.3. The van der Waals surface area contributed by atoms with Gasteiger partial charge < -0.3 is 5.32 Å². The van der Waals surface area contributed by atoms with Gasteiger partial charge in [0.25, 0.3) is 0 Å². The number of hydrogen-bond donors (Lipinski definition) is 1. The number of nitrogens with zero attached hydrogens (tertiary/aromatic N) is 1. The lowest BCUT2D eigenvalue weighted by Gasteiger charge is -2.27. The van der Waals surface area contributed by atoms with Gasteiger partial charge in [0.1, 0.15) is 6.67 Å². The largest absolute Gasteiger partial charge is 0.314 e. The number of alkyl halides is 1. The Labute approximate surface area is 93.2 Å². The van der Waals surface area contributed by atoms with Crippen LogP contribution in [-0.4, -0.2) is 43.3 Å². The van der Waals surface area contributed by atoms with Crippen LogP contribution in [0.4, 0.5) is 4.39 Å². The first kappa shape index (κ1) is 12.9. The molecule has 1 aliphatic rings. The topological polar surface area (TPSA) is 15.3 Å². The molecule has 15 heavy (non-hydrogen) atoms. The minimum absolute atomic E-state index is 0.230. The van der Waals surface area contributed by atoms with Crippen LogP contribution >= 0.6 is 0 Å². The second-order valence-electron chi connectivity index (χ2n) is 4.93. The van der Waals surface area contributed by atoms with Crippen LogP contribution in [0.2, 0.25) is 0 Å². The van der Waals surface area contributed by atoms with E-state index in [4.69, 9.17) is 0 Å². The van der Waals surface area contributed by atoms with Crippen molar-refractivity contribution in [1.82, 2.24) is 10.2 Å². The maximum Gasteiger partial charge on any atom is 0.102 e. The van der Waals surface area contributed by atoms with Crippen LogP contribution in [0.1, 0.15) is 33.6 Å². The first-order chi connectivity index (χ1) is 7.15. The van der Waals surface area contributed by atoms with E-state index in [0.29, 0.717) is 18.6 Å². The van der Waals surface area contributed by atoms with Crippen LogP contribution in [0, 0.1) is 5.92 Å². The van der Waals surface area contributed by atoms with Gasteiger partial charge in [-0.15, -0.1) is 0 Å². The Kier molecular flexibility index (Phi) is 5.54. The molecule has 0 saturated carbocycles. The summed E-state index contributed by atoms with van der Waals surface area (Å²) >= 11 is 0. The number of rotatable bonds is 6. The van der Waals surface area contributed by atoms with Gasteiger partial charge in [-0.1, -0.05) is 6.92 Å². The van der Waals surface area contributed by atoms with Gasteiger partial charge in [-0.3, -0.25) is 4.90 Å². The lowest BCUT2D eigenvalue weighted by Crippen LogP contribution is -2.37. The molecule has 90 valence electrons. The van der Waals surface area contributed by atoms with E-state index in [-0.39, 0.29) is 6.67 Å². The minimum Gasteiger partial charge on any atom is -0.314 e. The van der Waals surface area contributed by atoms with Crippen molar-refractivity contribution in [2.75, 3.05) is 26.3 Å². The molecule has 1 aliphatic heterocycles. The summed E-state index contributed by atoms with van der Waals surface area (Å²) in [4.78, 5) is 2.23. The summed E-state index contributed by atoms with van der Waals surface area (Å²) in [5.74, 6) is 0.782. The molecule has 0 aromatic heterocycles. The Morgan fingerprint density at radius 3 is 2.60 bits per heavy atom. The quantitative estimate of drug-likeness (QED) is 0.731. The highest BCUT2D eigenvalue weighted by molar-refractivity contribution is 4.81. The summed E-state index contributed by atoms with van der Waals surface area (Å²) < 4.78 is 12.3. The van der Waals surface area contributed by atoms with Crippen LogP contribution in [0.25, 0.3) is 0 Å². The van der Waals surface area contributed by atoms with Crippen LogP contribution < -0.4 is 5.32 Å². The van der Waals surface area contributed by atoms with Crippen molar-refractivity contribution in [3.8, 4) is 0 Å². The van der Waals surface area contributed by atoms with E-state index < -0.39 is 0 Å². The number of nitrogens with one attached hydrogen (secondary N) is 1. The van der Waals surface area contributed by atoms with Crippen molar-refractivity contribution < 1.29 is 4.39 Å². The fourth-order valence-corrected chi connectivity index (χ4v) is 2.33. The molecular weight excluding hydrogens is 191 g/mol. The highest BCUT2D eigenvalue weighted by atomic mass is 19.1. The second kappa shape index (κ2) is 6.44. The molecule has 0 radical (unpaired) electrons. The van der Waals surface area contributed by atoms with E-state index in [1.54, 1.807) is 0 Å². The van der Waals surface area contributed by atoms with E-state index in [1.165, 1.54) is 6.42 Å². The summed E-state index contributed by atoms with van der Waals surface area (Å²) in [6.07, 6.45) is 2.44. The maximum absolute atomic E-state index is 12.3. The molecule has 2 atom stereocenters. The third-order valence-corrected chi connectivity index (χ3v) is 3.52. The number of halogens is 1. The first-order valence-electron chi connectivity index (χ1n) is 6.18. The normalized spacial score (nSPS) is 26.8. The van der Waals surface area contributed by atoms with Crippen molar-refractivity contribution in [3.63, 3.8) is 0 Å². The predicted molar refractivity (Wildman–Crippen MR) is 62.9 cm³/mol. The average Bonchev–Trinajstić information content (AvgIpc) is 2.58. The van der Waals surface area contributed by atoms with Gasteiger partial charge in [0, 0.05) is 18.6 Å². The molecule has 0 aliphatic carbocycles. The summed E-state index contributed by atoms with van der Waals surface area (Å²) in [6, 6.07) is 1.10. The second-order valence-corrected chi connectivity index (χ2v) is 4.93. The number of hydrogen-bond acceptors (Lipinski definition) is 2. The zero-order chi connectivity index (χ0) is 11.3. The molecule has 0 aromatic rings. The van der Waals surface area contributed by atoms with Crippen molar-refractivity contribution in [3.05, 3.63) is 0 Å². The van der Waals surface area contributed by atoms with Gasteiger partial charge in [-0.05, 0) is 45.7 Å². The Hall–Kier alpha value is -0.150. The van der Waals surface area contributed by atoms with Gasteiger partial charge in [0.2, 0.25) is 0 Å². The molecule has 1 fully saturated rings. The molecule has 1 N–H and O–H groups in total. The fourth-order valence-electron chi connectivity index (χ4n) is 2.33. The molecule has 1 saturated heterocycles. The minimum atomic E-state index is -0.230. The Balaban J connectivity index is 2.26. The van der Waals surface area contributed by atoms with Crippen molar-refractivity contribution in [1.29, 1.82) is 0 Å². The molecule has 2 unspecified atom stereocenters. The molecule has 0 spiro atoms. The lowest BCUT2D eigenvalue weighted by molar-refractivity contribution is 0.191. The van der Waals surface area contributed by atoms with E-state index in [2.05, 4.69) is 31.0 Å². The van der Waals surface area contributed by atoms with E-state index in [0.717, 1.165) is 25.4 Å². The summed E-state index contributed by atoms with van der Waals surface area (Å²) in [6.45, 7) is 9.10. The van der Waals surface area contributed by atoms with E-state index in [1.807, 2.05) is 0 Å². The predicted octanol–water partition coefficient (Wildman–Crippen LogP) is 2.05. The van der Waals surface area contributed by atoms with Crippen LogP contribution in [0.15, 0.2) is 0 Å². The molecule has 0 amide bonds. The standard InChI is InChI=1S/C12H25FN2/c1-10(2)15(9-6-13)8-5-12-11(3)4-7-14-12/h10-12,14H,4-9H2,1-3H3. The molecule has 0 aromatic carbocycles. The summed E-state index contributed by atoms with van der Waals surface area (Å²) in [5.41, 5.74) is 0. The Bertz CT molecular complexity index is 173. The van der Waals surface area contributed by atoms with Gasteiger partial charge in [0.05, 0.1) is 0 Å². The molecule has 1 rings (SSSR count). The smallest absolute Gasteiger partial charge is 0.102 e. The highest BCUT2D eigenvalue weighted by Gasteiger charge is 2.23. The third kappa shape index (κ3) is 4.07. The monoisotopic (exact) mass is 216 g/mol. The van der Waals surface area contributed by atoms with Crippen LogP contribution in [-0.2, 0) is 0 Å². The molecule has 3 heteroatoms. The van der Waals surface area contributed by atoms with Gasteiger partial charge in [-0.2, -0.15) is 0 Å². The Morgan fingerprint density at radius 2 is 2.13 bits per heavy atom. The maximum atomic E-state index is 12.3. The van der Waals surface area contributed by atoms with Crippen LogP contribution in [0.5, 0.6) is 0 Å². The Morgan fingerprint density at radius 1 is 1.40 bits per heavy atom. The van der Waals surface area contributed by atoms with Gasteiger partial charge in [0.15, 0.2) is 0 Å². The SMILES string of the molecule is CC1CCNC1CCN(CCF)C(C)C. The average molecular weight is 216 g/mol. The highest BCUT2D eigenvalue weighted by Crippen LogP contribution is 2.17. The zero-order valence-electron chi connectivity index (χ0n) is 10.3. The van der Waals surface area contributed by atoms with E-state index >= 15 is 0 Å². The van der Waals surface area contributed by atoms with Gasteiger partial charge in [-0.25, -0.2) is 4.39 Å². The van der Waals surface area contributed by atoms with Crippen molar-refractivity contribution in [2.24, 2.45) is 5.92 Å². The van der Waals surface area contributed by atoms with Gasteiger partial charge >= 0.3 is 0 Å². The molecular formula is C12H25FN2. The van der Waals surface area contributed by atoms with Crippen molar-refractivity contribution >= 4 is 0 Å².